The first kappa shape index (κ1) is 21.4. The number of carbonyl (C=O) groups excluding carboxylic acids is 2. The second kappa shape index (κ2) is 10.5. The Labute approximate surface area is 166 Å². The third kappa shape index (κ3) is 5.57. The van der Waals surface area contributed by atoms with Gasteiger partial charge in [0.05, 0.1) is 19.8 Å². The van der Waals surface area contributed by atoms with Crippen LogP contribution in [0, 0.1) is 0 Å². The number of amides is 2. The average molecular weight is 384 g/mol. The topological polar surface area (TPSA) is 67.9 Å². The van der Waals surface area contributed by atoms with E-state index in [1.807, 2.05) is 61.5 Å². The van der Waals surface area contributed by atoms with Gasteiger partial charge >= 0.3 is 0 Å². The number of carbonyl (C=O) groups is 2. The SMILES string of the molecule is COC[C@@H](C(=O)NCc1ccccc1)N(C(C)=O)C(C)c1ccc(OC)cc1. The van der Waals surface area contributed by atoms with Crippen molar-refractivity contribution in [1.29, 1.82) is 0 Å². The number of ether oxygens (including phenoxy) is 2. The molecule has 0 aromatic heterocycles. The van der Waals surface area contributed by atoms with Gasteiger partial charge in [0.2, 0.25) is 11.8 Å². The van der Waals surface area contributed by atoms with Crippen molar-refractivity contribution in [2.24, 2.45) is 0 Å². The van der Waals surface area contributed by atoms with Crippen molar-refractivity contribution < 1.29 is 19.1 Å². The number of methoxy groups -OCH3 is 2. The summed E-state index contributed by atoms with van der Waals surface area (Å²) in [6.07, 6.45) is 0. The van der Waals surface area contributed by atoms with Gasteiger partial charge in [0.15, 0.2) is 0 Å². The zero-order valence-electron chi connectivity index (χ0n) is 16.8. The van der Waals surface area contributed by atoms with E-state index in [1.54, 1.807) is 12.0 Å². The molecule has 0 aliphatic rings. The molecule has 2 rings (SSSR count). The number of benzene rings is 2. The molecule has 0 aliphatic heterocycles. The molecule has 150 valence electrons. The van der Waals surface area contributed by atoms with Crippen LogP contribution in [-0.4, -0.2) is 43.6 Å². The maximum atomic E-state index is 12.9. The third-order valence-corrected chi connectivity index (χ3v) is 4.65. The molecule has 2 aromatic rings. The molecule has 0 aliphatic carbocycles. The Bertz CT molecular complexity index is 762. The Hall–Kier alpha value is -2.86. The summed E-state index contributed by atoms with van der Waals surface area (Å²) in [5.74, 6) is 0.292. The highest BCUT2D eigenvalue weighted by atomic mass is 16.5. The van der Waals surface area contributed by atoms with E-state index in [-0.39, 0.29) is 24.5 Å². The quantitative estimate of drug-likeness (QED) is 0.722. The fourth-order valence-electron chi connectivity index (χ4n) is 3.15. The third-order valence-electron chi connectivity index (χ3n) is 4.65. The van der Waals surface area contributed by atoms with Crippen molar-refractivity contribution in [3.05, 3.63) is 65.7 Å². The molecule has 1 unspecified atom stereocenters. The van der Waals surface area contributed by atoms with Crippen molar-refractivity contribution in [3.8, 4) is 5.75 Å². The van der Waals surface area contributed by atoms with Gasteiger partial charge in [0, 0.05) is 20.6 Å². The maximum absolute atomic E-state index is 12.9. The Balaban J connectivity index is 2.19. The van der Waals surface area contributed by atoms with Crippen molar-refractivity contribution in [3.63, 3.8) is 0 Å². The fourth-order valence-corrected chi connectivity index (χ4v) is 3.15. The summed E-state index contributed by atoms with van der Waals surface area (Å²) in [5.41, 5.74) is 1.90. The number of rotatable bonds is 9. The smallest absolute Gasteiger partial charge is 0.245 e. The fraction of sp³-hybridized carbons (Fsp3) is 0.364. The molecule has 2 amide bonds. The van der Waals surface area contributed by atoms with Gasteiger partial charge in [-0.1, -0.05) is 42.5 Å². The van der Waals surface area contributed by atoms with Gasteiger partial charge in [-0.25, -0.2) is 0 Å². The predicted molar refractivity (Wildman–Crippen MR) is 108 cm³/mol. The number of hydrogen-bond acceptors (Lipinski definition) is 4. The van der Waals surface area contributed by atoms with Crippen molar-refractivity contribution in [1.82, 2.24) is 10.2 Å². The minimum absolute atomic E-state index is 0.112. The molecular formula is C22H28N2O4. The normalized spacial score (nSPS) is 12.7. The van der Waals surface area contributed by atoms with Crippen LogP contribution in [0.3, 0.4) is 0 Å². The van der Waals surface area contributed by atoms with Crippen LogP contribution in [0.15, 0.2) is 54.6 Å². The van der Waals surface area contributed by atoms with Gasteiger partial charge in [0.25, 0.3) is 0 Å². The predicted octanol–water partition coefficient (Wildman–Crippen LogP) is 2.94. The van der Waals surface area contributed by atoms with Gasteiger partial charge in [0.1, 0.15) is 11.8 Å². The van der Waals surface area contributed by atoms with E-state index < -0.39 is 6.04 Å². The summed E-state index contributed by atoms with van der Waals surface area (Å²) in [4.78, 5) is 26.9. The van der Waals surface area contributed by atoms with E-state index in [0.29, 0.717) is 6.54 Å². The number of nitrogens with zero attached hydrogens (tertiary/aromatic N) is 1. The number of nitrogens with one attached hydrogen (secondary N) is 1. The van der Waals surface area contributed by atoms with Crippen LogP contribution in [0.25, 0.3) is 0 Å². The van der Waals surface area contributed by atoms with Gasteiger partial charge in [-0.15, -0.1) is 0 Å². The lowest BCUT2D eigenvalue weighted by atomic mass is 10.0. The van der Waals surface area contributed by atoms with Gasteiger partial charge < -0.3 is 19.7 Å². The van der Waals surface area contributed by atoms with Crippen molar-refractivity contribution in [2.75, 3.05) is 20.8 Å². The Kier molecular flexibility index (Phi) is 8.02. The highest BCUT2D eigenvalue weighted by Crippen LogP contribution is 2.25. The van der Waals surface area contributed by atoms with Crippen LogP contribution in [0.5, 0.6) is 5.75 Å². The van der Waals surface area contributed by atoms with Crippen LogP contribution in [0.4, 0.5) is 0 Å². The Morgan fingerprint density at radius 1 is 1.04 bits per heavy atom. The Morgan fingerprint density at radius 2 is 1.68 bits per heavy atom. The summed E-state index contributed by atoms with van der Waals surface area (Å²) in [7, 11) is 3.12. The molecule has 6 nitrogen and oxygen atoms in total. The first-order chi connectivity index (χ1) is 13.5. The highest BCUT2D eigenvalue weighted by Gasteiger charge is 2.32. The van der Waals surface area contributed by atoms with E-state index in [2.05, 4.69) is 5.32 Å². The van der Waals surface area contributed by atoms with E-state index in [4.69, 9.17) is 9.47 Å². The summed E-state index contributed by atoms with van der Waals surface area (Å²) in [5, 5.41) is 2.91. The zero-order chi connectivity index (χ0) is 20.5. The minimum Gasteiger partial charge on any atom is -0.497 e. The molecule has 0 radical (unpaired) electrons. The molecule has 0 saturated carbocycles. The first-order valence-corrected chi connectivity index (χ1v) is 9.21. The average Bonchev–Trinajstić information content (AvgIpc) is 2.72. The van der Waals surface area contributed by atoms with Crippen LogP contribution in [0.1, 0.15) is 31.0 Å². The summed E-state index contributed by atoms with van der Waals surface area (Å²) < 4.78 is 10.4. The standard InChI is InChI=1S/C22H28N2O4/c1-16(19-10-12-20(28-4)13-11-19)24(17(2)25)21(15-27-3)22(26)23-14-18-8-6-5-7-9-18/h5-13,16,21H,14-15H2,1-4H3,(H,23,26)/t16?,21-/m0/s1. The first-order valence-electron chi connectivity index (χ1n) is 9.21. The molecule has 0 bridgehead atoms. The van der Waals surface area contributed by atoms with Gasteiger partial charge in [-0.2, -0.15) is 0 Å². The second-order valence-electron chi connectivity index (χ2n) is 6.55. The van der Waals surface area contributed by atoms with Crippen LogP contribution < -0.4 is 10.1 Å². The molecule has 28 heavy (non-hydrogen) atoms. The van der Waals surface area contributed by atoms with Gasteiger partial charge in [-0.3, -0.25) is 9.59 Å². The zero-order valence-corrected chi connectivity index (χ0v) is 16.8. The highest BCUT2D eigenvalue weighted by molar-refractivity contribution is 5.87. The number of hydrogen-bond donors (Lipinski definition) is 1. The van der Waals surface area contributed by atoms with Crippen molar-refractivity contribution >= 4 is 11.8 Å². The van der Waals surface area contributed by atoms with Crippen molar-refractivity contribution in [2.45, 2.75) is 32.5 Å². The monoisotopic (exact) mass is 384 g/mol. The lowest BCUT2D eigenvalue weighted by Gasteiger charge is -2.35. The van der Waals surface area contributed by atoms with Crippen LogP contribution in [-0.2, 0) is 20.9 Å². The molecule has 1 N–H and O–H groups in total. The lowest BCUT2D eigenvalue weighted by molar-refractivity contribution is -0.143. The Morgan fingerprint density at radius 3 is 2.21 bits per heavy atom. The van der Waals surface area contributed by atoms with Gasteiger partial charge in [-0.05, 0) is 30.2 Å². The molecule has 0 heterocycles. The summed E-state index contributed by atoms with van der Waals surface area (Å²) in [6, 6.07) is 16.1. The molecule has 0 fully saturated rings. The summed E-state index contributed by atoms with van der Waals surface area (Å²) in [6.45, 7) is 3.87. The molecule has 2 atom stereocenters. The van der Waals surface area contributed by atoms with E-state index in [1.165, 1.54) is 14.0 Å². The second-order valence-corrected chi connectivity index (χ2v) is 6.55. The molecule has 0 saturated heterocycles. The maximum Gasteiger partial charge on any atom is 0.245 e. The molecular weight excluding hydrogens is 356 g/mol. The molecule has 0 spiro atoms. The van der Waals surface area contributed by atoms with E-state index >= 15 is 0 Å². The van der Waals surface area contributed by atoms with Crippen LogP contribution in [0.2, 0.25) is 0 Å². The molecule has 2 aromatic carbocycles. The minimum atomic E-state index is -0.733. The lowest BCUT2D eigenvalue weighted by Crippen LogP contribution is -2.52. The summed E-state index contributed by atoms with van der Waals surface area (Å²) >= 11 is 0. The molecule has 6 heteroatoms. The van der Waals surface area contributed by atoms with E-state index in [0.717, 1.165) is 16.9 Å². The van der Waals surface area contributed by atoms with Crippen LogP contribution >= 0.6 is 0 Å². The van der Waals surface area contributed by atoms with E-state index in [9.17, 15) is 9.59 Å². The largest absolute Gasteiger partial charge is 0.497 e.